The van der Waals surface area contributed by atoms with Crippen molar-refractivity contribution in [2.45, 2.75) is 18.4 Å². The van der Waals surface area contributed by atoms with E-state index >= 15 is 0 Å². The molecule has 1 fully saturated rings. The molecule has 1 spiro atoms. The van der Waals surface area contributed by atoms with Gasteiger partial charge < -0.3 is 9.64 Å². The molecular weight excluding hydrogens is 440 g/mol. The van der Waals surface area contributed by atoms with Crippen molar-refractivity contribution in [2.24, 2.45) is 0 Å². The van der Waals surface area contributed by atoms with Gasteiger partial charge in [0, 0.05) is 16.3 Å². The Balaban J connectivity index is 1.44. The molecule has 0 aliphatic carbocycles. The summed E-state index contributed by atoms with van der Waals surface area (Å²) in [6.45, 7) is 0.507. The number of fused-ring (bicyclic) bond motifs is 2. The average molecular weight is 461 g/mol. The molecule has 0 radical (unpaired) electrons. The van der Waals surface area contributed by atoms with Crippen LogP contribution < -0.4 is 9.64 Å². The summed E-state index contributed by atoms with van der Waals surface area (Å²) in [5.74, 6) is -0.659. The lowest BCUT2D eigenvalue weighted by molar-refractivity contribution is -0.141. The first-order chi connectivity index (χ1) is 16.0. The number of carbonyl (C=O) groups is 3. The van der Waals surface area contributed by atoms with Crippen LogP contribution in [0.25, 0.3) is 0 Å². The van der Waals surface area contributed by atoms with Crippen LogP contribution in [0.3, 0.4) is 0 Å². The Bertz CT molecular complexity index is 1230. The lowest BCUT2D eigenvalue weighted by atomic mass is 9.80. The molecule has 0 N–H and O–H groups in total. The quantitative estimate of drug-likeness (QED) is 0.412. The molecule has 2 aliphatic heterocycles. The number of amides is 3. The number of carbonyl (C=O) groups excluding carboxylic acids is 3. The summed E-state index contributed by atoms with van der Waals surface area (Å²) in [4.78, 5) is 43.0. The van der Waals surface area contributed by atoms with Crippen LogP contribution in [0.2, 0.25) is 5.02 Å². The molecule has 1 unspecified atom stereocenters. The highest BCUT2D eigenvalue weighted by molar-refractivity contribution is 6.32. The number of ether oxygens (including phenoxy) is 1. The lowest BCUT2D eigenvalue weighted by Crippen LogP contribution is -2.47. The largest absolute Gasteiger partial charge is 0.492 e. The monoisotopic (exact) mass is 460 g/mol. The minimum Gasteiger partial charge on any atom is -0.492 e. The number of rotatable bonds is 6. The smallest absolute Gasteiger partial charge is 0.250 e. The van der Waals surface area contributed by atoms with E-state index in [1.807, 2.05) is 48.5 Å². The molecule has 1 atom stereocenters. The van der Waals surface area contributed by atoms with Crippen molar-refractivity contribution in [3.8, 4) is 5.75 Å². The van der Waals surface area contributed by atoms with Gasteiger partial charge in [0.05, 0.1) is 19.5 Å². The number of hydrogen-bond acceptors (Lipinski definition) is 4. The van der Waals surface area contributed by atoms with Gasteiger partial charge in [0.1, 0.15) is 12.4 Å². The van der Waals surface area contributed by atoms with Crippen LogP contribution in [0, 0.1) is 0 Å². The van der Waals surface area contributed by atoms with Crippen LogP contribution in [-0.2, 0) is 26.3 Å². The van der Waals surface area contributed by atoms with E-state index < -0.39 is 23.1 Å². The van der Waals surface area contributed by atoms with Gasteiger partial charge in [-0.15, -0.1) is 0 Å². The molecule has 5 rings (SSSR count). The molecule has 0 saturated carbocycles. The first-order valence-corrected chi connectivity index (χ1v) is 11.1. The van der Waals surface area contributed by atoms with Gasteiger partial charge in [0.25, 0.3) is 0 Å². The zero-order valence-electron chi connectivity index (χ0n) is 17.7. The van der Waals surface area contributed by atoms with Crippen molar-refractivity contribution in [3.05, 3.63) is 95.0 Å². The molecule has 2 aliphatic rings. The molecule has 0 bridgehead atoms. The van der Waals surface area contributed by atoms with Crippen LogP contribution in [0.5, 0.6) is 5.75 Å². The van der Waals surface area contributed by atoms with Crippen LogP contribution in [0.15, 0.2) is 78.9 Å². The van der Waals surface area contributed by atoms with Gasteiger partial charge in [-0.1, -0.05) is 60.1 Å². The van der Waals surface area contributed by atoms with Gasteiger partial charge in [0.15, 0.2) is 5.41 Å². The minimum atomic E-state index is -1.58. The number of hydrogen-bond donors (Lipinski definition) is 0. The fourth-order valence-corrected chi connectivity index (χ4v) is 4.75. The SMILES string of the molecule is O=C1CC2(C(=O)N1CCOc1ccccc1)C(=O)N(Cc1ccccc1)c1ccc(Cl)cc12. The zero-order chi connectivity index (χ0) is 23.0. The Labute approximate surface area is 196 Å². The van der Waals surface area contributed by atoms with Crippen molar-refractivity contribution in [1.82, 2.24) is 4.90 Å². The zero-order valence-corrected chi connectivity index (χ0v) is 18.5. The molecule has 33 heavy (non-hydrogen) atoms. The molecule has 3 aromatic rings. The highest BCUT2D eigenvalue weighted by Crippen LogP contribution is 2.49. The summed E-state index contributed by atoms with van der Waals surface area (Å²) in [6, 6.07) is 23.8. The molecule has 2 heterocycles. The highest BCUT2D eigenvalue weighted by Gasteiger charge is 2.63. The summed E-state index contributed by atoms with van der Waals surface area (Å²) >= 11 is 6.25. The van der Waals surface area contributed by atoms with E-state index in [1.165, 1.54) is 0 Å². The third-order valence-corrected chi connectivity index (χ3v) is 6.39. The fraction of sp³-hybridized carbons (Fsp3) is 0.192. The van der Waals surface area contributed by atoms with Gasteiger partial charge in [-0.25, -0.2) is 0 Å². The van der Waals surface area contributed by atoms with Gasteiger partial charge >= 0.3 is 0 Å². The number of imide groups is 1. The predicted octanol–water partition coefficient (Wildman–Crippen LogP) is 3.96. The second-order valence-electron chi connectivity index (χ2n) is 8.13. The number of anilines is 1. The first-order valence-electron chi connectivity index (χ1n) is 10.7. The van der Waals surface area contributed by atoms with Crippen molar-refractivity contribution >= 4 is 35.0 Å². The van der Waals surface area contributed by atoms with Crippen LogP contribution >= 0.6 is 11.6 Å². The van der Waals surface area contributed by atoms with E-state index in [2.05, 4.69) is 0 Å². The summed E-state index contributed by atoms with van der Waals surface area (Å²) < 4.78 is 5.67. The summed E-state index contributed by atoms with van der Waals surface area (Å²) in [5, 5.41) is 0.411. The lowest BCUT2D eigenvalue weighted by Gasteiger charge is -2.22. The number of para-hydroxylation sites is 1. The van der Waals surface area contributed by atoms with E-state index in [0.717, 1.165) is 10.5 Å². The van der Waals surface area contributed by atoms with Crippen LogP contribution in [0.1, 0.15) is 17.5 Å². The second-order valence-corrected chi connectivity index (χ2v) is 8.57. The van der Waals surface area contributed by atoms with Crippen molar-refractivity contribution < 1.29 is 19.1 Å². The predicted molar refractivity (Wildman–Crippen MR) is 124 cm³/mol. The van der Waals surface area contributed by atoms with Crippen LogP contribution in [-0.4, -0.2) is 35.8 Å². The summed E-state index contributed by atoms with van der Waals surface area (Å²) in [7, 11) is 0. The van der Waals surface area contributed by atoms with E-state index in [0.29, 0.717) is 28.6 Å². The van der Waals surface area contributed by atoms with Crippen molar-refractivity contribution in [3.63, 3.8) is 0 Å². The standard InChI is InChI=1S/C26H21ClN2O4/c27-19-11-12-22-21(15-19)26(25(32)29(22)17-18-7-3-1-4-8-18)16-23(30)28(24(26)31)13-14-33-20-9-5-2-6-10-20/h1-12,15H,13-14,16-17H2. The summed E-state index contributed by atoms with van der Waals surface area (Å²) in [5.41, 5.74) is 0.435. The molecule has 166 valence electrons. The van der Waals surface area contributed by atoms with Gasteiger partial charge in [0.2, 0.25) is 17.7 Å². The Morgan fingerprint density at radius 1 is 0.848 bits per heavy atom. The van der Waals surface area contributed by atoms with Gasteiger partial charge in [-0.2, -0.15) is 0 Å². The van der Waals surface area contributed by atoms with E-state index in [9.17, 15) is 14.4 Å². The third kappa shape index (κ3) is 3.56. The number of benzene rings is 3. The fourth-order valence-electron chi connectivity index (χ4n) is 4.58. The van der Waals surface area contributed by atoms with E-state index in [-0.39, 0.29) is 19.6 Å². The van der Waals surface area contributed by atoms with Gasteiger partial charge in [-0.3, -0.25) is 19.3 Å². The molecule has 1 saturated heterocycles. The van der Waals surface area contributed by atoms with Crippen molar-refractivity contribution in [2.75, 3.05) is 18.1 Å². The average Bonchev–Trinajstić information content (AvgIpc) is 3.21. The Morgan fingerprint density at radius 2 is 1.52 bits per heavy atom. The maximum absolute atomic E-state index is 13.8. The number of nitrogens with zero attached hydrogens (tertiary/aromatic N) is 2. The van der Waals surface area contributed by atoms with Gasteiger partial charge in [-0.05, 0) is 35.9 Å². The minimum absolute atomic E-state index is 0.0657. The molecule has 0 aromatic heterocycles. The first kappa shape index (κ1) is 21.2. The molecule has 3 aromatic carbocycles. The number of likely N-dealkylation sites (tertiary alicyclic amines) is 1. The second kappa shape index (κ2) is 8.37. The Hall–Kier alpha value is -3.64. The highest BCUT2D eigenvalue weighted by atomic mass is 35.5. The summed E-state index contributed by atoms with van der Waals surface area (Å²) in [6.07, 6.45) is -0.214. The van der Waals surface area contributed by atoms with E-state index in [4.69, 9.17) is 16.3 Å². The van der Waals surface area contributed by atoms with E-state index in [1.54, 1.807) is 35.2 Å². The maximum atomic E-state index is 13.8. The molecule has 6 nitrogen and oxygen atoms in total. The maximum Gasteiger partial charge on any atom is 0.250 e. The third-order valence-electron chi connectivity index (χ3n) is 6.16. The Morgan fingerprint density at radius 3 is 2.24 bits per heavy atom. The topological polar surface area (TPSA) is 66.9 Å². The molecule has 7 heteroatoms. The normalized spacial score (nSPS) is 19.5. The van der Waals surface area contributed by atoms with Crippen LogP contribution in [0.4, 0.5) is 5.69 Å². The molecular formula is C26H21ClN2O4. The molecule has 3 amide bonds. The number of halogens is 1. The Kier molecular flexibility index (Phi) is 5.38. The van der Waals surface area contributed by atoms with Crippen molar-refractivity contribution in [1.29, 1.82) is 0 Å².